The third-order valence-corrected chi connectivity index (χ3v) is 4.80. The molecule has 1 atom stereocenters. The number of thioether (sulfide) groups is 1. The highest BCUT2D eigenvalue weighted by atomic mass is 32.2. The summed E-state index contributed by atoms with van der Waals surface area (Å²) in [4.78, 5) is 18.3. The van der Waals surface area contributed by atoms with Crippen molar-refractivity contribution in [1.29, 1.82) is 0 Å². The predicted molar refractivity (Wildman–Crippen MR) is 79.5 cm³/mol. The molecule has 0 bridgehead atoms. The van der Waals surface area contributed by atoms with Crippen molar-refractivity contribution in [3.8, 4) is 0 Å². The monoisotopic (exact) mass is 290 g/mol. The van der Waals surface area contributed by atoms with Crippen LogP contribution < -0.4 is 0 Å². The number of amides is 1. The van der Waals surface area contributed by atoms with E-state index in [1.54, 1.807) is 41.2 Å². The van der Waals surface area contributed by atoms with Crippen molar-refractivity contribution >= 4 is 28.4 Å². The summed E-state index contributed by atoms with van der Waals surface area (Å²) in [6.07, 6.45) is 6.22. The SMILES string of the molecule is CSC1CCN(C(=O)c2c(F)ccc3ccncc23)C1. The van der Waals surface area contributed by atoms with Gasteiger partial charge in [-0.15, -0.1) is 0 Å². The molecule has 1 saturated heterocycles. The summed E-state index contributed by atoms with van der Waals surface area (Å²) >= 11 is 1.76. The van der Waals surface area contributed by atoms with E-state index in [0.717, 1.165) is 11.8 Å². The third-order valence-electron chi connectivity index (χ3n) is 3.75. The van der Waals surface area contributed by atoms with E-state index in [0.29, 0.717) is 23.7 Å². The van der Waals surface area contributed by atoms with E-state index < -0.39 is 5.82 Å². The molecule has 3 nitrogen and oxygen atoms in total. The smallest absolute Gasteiger partial charge is 0.257 e. The van der Waals surface area contributed by atoms with Gasteiger partial charge in [-0.2, -0.15) is 11.8 Å². The van der Waals surface area contributed by atoms with Gasteiger partial charge < -0.3 is 4.90 Å². The Kier molecular flexibility index (Phi) is 3.61. The Morgan fingerprint density at radius 1 is 1.45 bits per heavy atom. The number of rotatable bonds is 2. The number of carbonyl (C=O) groups is 1. The van der Waals surface area contributed by atoms with Crippen LogP contribution in [0, 0.1) is 5.82 Å². The summed E-state index contributed by atoms with van der Waals surface area (Å²) in [5, 5.41) is 1.88. The molecular weight excluding hydrogens is 275 g/mol. The van der Waals surface area contributed by atoms with Crippen LogP contribution in [-0.2, 0) is 0 Å². The van der Waals surface area contributed by atoms with Crippen molar-refractivity contribution in [3.05, 3.63) is 42.0 Å². The Hall–Kier alpha value is -1.62. The van der Waals surface area contributed by atoms with Gasteiger partial charge in [-0.3, -0.25) is 9.78 Å². The topological polar surface area (TPSA) is 33.2 Å². The maximum atomic E-state index is 14.1. The molecule has 2 heterocycles. The zero-order chi connectivity index (χ0) is 14.1. The highest BCUT2D eigenvalue weighted by Crippen LogP contribution is 2.26. The summed E-state index contributed by atoms with van der Waals surface area (Å²) in [6, 6.07) is 4.83. The number of nitrogens with zero attached hydrogens (tertiary/aromatic N) is 2. The third kappa shape index (κ3) is 2.26. The molecule has 3 rings (SSSR count). The second-order valence-electron chi connectivity index (χ2n) is 4.92. The first-order valence-electron chi connectivity index (χ1n) is 6.55. The largest absolute Gasteiger partial charge is 0.337 e. The Bertz CT molecular complexity index is 661. The van der Waals surface area contributed by atoms with Gasteiger partial charge in [0, 0.05) is 36.1 Å². The molecule has 0 N–H and O–H groups in total. The van der Waals surface area contributed by atoms with Crippen molar-refractivity contribution in [1.82, 2.24) is 9.88 Å². The molecule has 1 amide bonds. The van der Waals surface area contributed by atoms with Crippen LogP contribution in [0.2, 0.25) is 0 Å². The molecule has 0 aliphatic carbocycles. The first-order chi connectivity index (χ1) is 9.70. The molecule has 1 aromatic carbocycles. The van der Waals surface area contributed by atoms with E-state index in [-0.39, 0.29) is 11.5 Å². The minimum Gasteiger partial charge on any atom is -0.337 e. The molecule has 0 spiro atoms. The van der Waals surface area contributed by atoms with Crippen molar-refractivity contribution in [2.75, 3.05) is 19.3 Å². The van der Waals surface area contributed by atoms with Crippen LogP contribution in [0.3, 0.4) is 0 Å². The van der Waals surface area contributed by atoms with Crippen LogP contribution in [0.25, 0.3) is 10.8 Å². The normalized spacial score (nSPS) is 18.7. The fraction of sp³-hybridized carbons (Fsp3) is 0.333. The molecule has 1 unspecified atom stereocenters. The van der Waals surface area contributed by atoms with Gasteiger partial charge in [0.1, 0.15) is 5.82 Å². The zero-order valence-electron chi connectivity index (χ0n) is 11.2. The van der Waals surface area contributed by atoms with Crippen LogP contribution in [0.1, 0.15) is 16.8 Å². The first kappa shape index (κ1) is 13.4. The van der Waals surface area contributed by atoms with E-state index >= 15 is 0 Å². The fourth-order valence-electron chi connectivity index (χ4n) is 2.61. The van der Waals surface area contributed by atoms with Crippen molar-refractivity contribution in [2.24, 2.45) is 0 Å². The lowest BCUT2D eigenvalue weighted by Crippen LogP contribution is -2.30. The van der Waals surface area contributed by atoms with E-state index in [1.807, 2.05) is 6.26 Å². The summed E-state index contributed by atoms with van der Waals surface area (Å²) in [5.41, 5.74) is 0.150. The molecule has 1 aromatic heterocycles. The number of hydrogen-bond acceptors (Lipinski definition) is 3. The van der Waals surface area contributed by atoms with Gasteiger partial charge in [0.05, 0.1) is 5.56 Å². The van der Waals surface area contributed by atoms with Gasteiger partial charge in [0.15, 0.2) is 0 Å². The first-order valence-corrected chi connectivity index (χ1v) is 7.84. The predicted octanol–water partition coefficient (Wildman–Crippen LogP) is 2.95. The lowest BCUT2D eigenvalue weighted by molar-refractivity contribution is 0.0791. The lowest BCUT2D eigenvalue weighted by Gasteiger charge is -2.17. The van der Waals surface area contributed by atoms with Crippen LogP contribution in [0.15, 0.2) is 30.6 Å². The molecule has 0 saturated carbocycles. The molecule has 2 aromatic rings. The number of likely N-dealkylation sites (tertiary alicyclic amines) is 1. The van der Waals surface area contributed by atoms with Gasteiger partial charge >= 0.3 is 0 Å². The summed E-state index contributed by atoms with van der Waals surface area (Å²) in [6.45, 7) is 1.39. The highest BCUT2D eigenvalue weighted by Gasteiger charge is 2.28. The van der Waals surface area contributed by atoms with Crippen LogP contribution in [0.4, 0.5) is 4.39 Å². The van der Waals surface area contributed by atoms with Gasteiger partial charge in [0.2, 0.25) is 0 Å². The highest BCUT2D eigenvalue weighted by molar-refractivity contribution is 7.99. The lowest BCUT2D eigenvalue weighted by atomic mass is 10.1. The minimum atomic E-state index is -0.469. The molecule has 1 aliphatic heterocycles. The standard InChI is InChI=1S/C15H15FN2OS/c1-20-11-5-7-18(9-11)15(19)14-12-8-17-6-4-10(12)2-3-13(14)16/h2-4,6,8,11H,5,7,9H2,1H3. The van der Waals surface area contributed by atoms with Crippen molar-refractivity contribution in [2.45, 2.75) is 11.7 Å². The molecule has 0 radical (unpaired) electrons. The fourth-order valence-corrected chi connectivity index (χ4v) is 3.29. The molecule has 1 aliphatic rings. The average molecular weight is 290 g/mol. The number of benzene rings is 1. The number of carbonyl (C=O) groups excluding carboxylic acids is 1. The number of aromatic nitrogens is 1. The maximum absolute atomic E-state index is 14.1. The van der Waals surface area contributed by atoms with Crippen molar-refractivity contribution < 1.29 is 9.18 Å². The van der Waals surface area contributed by atoms with Crippen molar-refractivity contribution in [3.63, 3.8) is 0 Å². The van der Waals surface area contributed by atoms with Crippen LogP contribution in [-0.4, -0.2) is 40.4 Å². The maximum Gasteiger partial charge on any atom is 0.257 e. The Morgan fingerprint density at radius 3 is 3.05 bits per heavy atom. The Balaban J connectivity index is 2.01. The second-order valence-corrected chi connectivity index (χ2v) is 6.05. The molecular formula is C15H15FN2OS. The number of halogens is 1. The number of pyridine rings is 1. The minimum absolute atomic E-state index is 0.150. The summed E-state index contributed by atoms with van der Waals surface area (Å²) in [5.74, 6) is -0.694. The van der Waals surface area contributed by atoms with Crippen LogP contribution in [0.5, 0.6) is 0 Å². The Labute approximate surface area is 121 Å². The number of fused-ring (bicyclic) bond motifs is 1. The summed E-state index contributed by atoms with van der Waals surface area (Å²) in [7, 11) is 0. The van der Waals surface area contributed by atoms with Gasteiger partial charge in [-0.1, -0.05) is 6.07 Å². The van der Waals surface area contributed by atoms with Gasteiger partial charge in [0.25, 0.3) is 5.91 Å². The molecule has 104 valence electrons. The molecule has 1 fully saturated rings. The van der Waals surface area contributed by atoms with E-state index in [1.165, 1.54) is 6.07 Å². The van der Waals surface area contributed by atoms with Crippen LogP contribution >= 0.6 is 11.8 Å². The van der Waals surface area contributed by atoms with Gasteiger partial charge in [-0.05, 0) is 30.2 Å². The van der Waals surface area contributed by atoms with E-state index in [4.69, 9.17) is 0 Å². The molecule has 5 heteroatoms. The summed E-state index contributed by atoms with van der Waals surface area (Å²) < 4.78 is 14.1. The van der Waals surface area contributed by atoms with E-state index in [9.17, 15) is 9.18 Å². The quantitative estimate of drug-likeness (QED) is 0.852. The van der Waals surface area contributed by atoms with E-state index in [2.05, 4.69) is 4.98 Å². The number of hydrogen-bond donors (Lipinski definition) is 0. The zero-order valence-corrected chi connectivity index (χ0v) is 12.0. The second kappa shape index (κ2) is 5.40. The van der Waals surface area contributed by atoms with Gasteiger partial charge in [-0.25, -0.2) is 4.39 Å². The average Bonchev–Trinajstić information content (AvgIpc) is 2.95. The molecule has 20 heavy (non-hydrogen) atoms. The Morgan fingerprint density at radius 2 is 2.30 bits per heavy atom.